The van der Waals surface area contributed by atoms with Crippen LogP contribution in [0.5, 0.6) is 0 Å². The van der Waals surface area contributed by atoms with Crippen molar-refractivity contribution in [1.29, 1.82) is 0 Å². The van der Waals surface area contributed by atoms with Crippen LogP contribution in [0.25, 0.3) is 0 Å². The molecule has 0 saturated heterocycles. The number of aliphatic carboxylic acids is 1. The summed E-state index contributed by atoms with van der Waals surface area (Å²) in [6.45, 7) is 3.81. The fourth-order valence-electron chi connectivity index (χ4n) is 1.26. The third-order valence-corrected chi connectivity index (χ3v) is 2.18. The fourth-order valence-corrected chi connectivity index (χ4v) is 1.26. The van der Waals surface area contributed by atoms with Crippen molar-refractivity contribution >= 4 is 11.7 Å². The zero-order valence-electron chi connectivity index (χ0n) is 8.45. The van der Waals surface area contributed by atoms with Crippen molar-refractivity contribution in [2.45, 2.75) is 26.3 Å². The number of carbonyl (C=O) groups is 1. The van der Waals surface area contributed by atoms with Crippen LogP contribution >= 0.6 is 0 Å². The number of rotatable bonds is 4. The van der Waals surface area contributed by atoms with E-state index in [1.807, 2.05) is 38.1 Å². The van der Waals surface area contributed by atoms with Crippen LogP contribution in [0.2, 0.25) is 0 Å². The summed E-state index contributed by atoms with van der Waals surface area (Å²) < 4.78 is 0. The highest BCUT2D eigenvalue weighted by Gasteiger charge is 2.14. The highest BCUT2D eigenvalue weighted by atomic mass is 16.4. The van der Waals surface area contributed by atoms with E-state index in [-0.39, 0.29) is 0 Å². The third-order valence-electron chi connectivity index (χ3n) is 2.18. The highest BCUT2D eigenvalue weighted by molar-refractivity contribution is 5.77. The molecule has 76 valence electrons. The zero-order valence-corrected chi connectivity index (χ0v) is 8.45. The molecule has 0 aliphatic rings. The zero-order chi connectivity index (χ0) is 10.6. The van der Waals surface area contributed by atoms with Gasteiger partial charge >= 0.3 is 5.97 Å². The van der Waals surface area contributed by atoms with Crippen LogP contribution in [-0.4, -0.2) is 17.1 Å². The first-order valence-corrected chi connectivity index (χ1v) is 4.70. The normalized spacial score (nSPS) is 12.1. The predicted octanol–water partition coefficient (Wildman–Crippen LogP) is 2.27. The lowest BCUT2D eigenvalue weighted by atomic mass is 10.1. The van der Waals surface area contributed by atoms with Gasteiger partial charge in [-0.3, -0.25) is 0 Å². The van der Waals surface area contributed by atoms with Gasteiger partial charge in [0.05, 0.1) is 0 Å². The molecule has 1 rings (SSSR count). The van der Waals surface area contributed by atoms with E-state index in [0.29, 0.717) is 6.42 Å². The number of nitrogens with one attached hydrogen (secondary N) is 1. The molecular formula is C11H15NO2. The highest BCUT2D eigenvalue weighted by Crippen LogP contribution is 2.15. The molecule has 3 heteroatoms. The molecule has 0 spiro atoms. The molecule has 14 heavy (non-hydrogen) atoms. The van der Waals surface area contributed by atoms with E-state index in [1.165, 1.54) is 0 Å². The molecule has 1 aromatic rings. The number of carboxylic acids is 1. The van der Waals surface area contributed by atoms with Crippen molar-refractivity contribution in [1.82, 2.24) is 0 Å². The molecule has 1 atom stereocenters. The van der Waals surface area contributed by atoms with Crippen LogP contribution in [0.15, 0.2) is 24.3 Å². The molecule has 0 radical (unpaired) electrons. The minimum absolute atomic E-state index is 0.504. The minimum Gasteiger partial charge on any atom is -0.480 e. The number of hydrogen-bond donors (Lipinski definition) is 2. The largest absolute Gasteiger partial charge is 0.480 e. The average molecular weight is 193 g/mol. The van der Waals surface area contributed by atoms with Gasteiger partial charge in [-0.15, -0.1) is 0 Å². The number of carboxylic acid groups (broad SMARTS) is 1. The van der Waals surface area contributed by atoms with E-state index in [1.54, 1.807) is 0 Å². The number of anilines is 1. The molecule has 2 N–H and O–H groups in total. The van der Waals surface area contributed by atoms with Crippen LogP contribution in [-0.2, 0) is 4.79 Å². The average Bonchev–Trinajstić information content (AvgIpc) is 2.16. The molecule has 0 saturated carbocycles. The van der Waals surface area contributed by atoms with Gasteiger partial charge in [0, 0.05) is 5.69 Å². The molecule has 0 fully saturated rings. The van der Waals surface area contributed by atoms with Gasteiger partial charge in [-0.2, -0.15) is 0 Å². The van der Waals surface area contributed by atoms with E-state index in [2.05, 4.69) is 5.32 Å². The Morgan fingerprint density at radius 1 is 1.50 bits per heavy atom. The molecule has 0 aromatic heterocycles. The van der Waals surface area contributed by atoms with Crippen molar-refractivity contribution in [3.05, 3.63) is 29.8 Å². The van der Waals surface area contributed by atoms with E-state index in [4.69, 9.17) is 5.11 Å². The number of hydrogen-bond acceptors (Lipinski definition) is 2. The number of para-hydroxylation sites is 1. The van der Waals surface area contributed by atoms with E-state index >= 15 is 0 Å². The summed E-state index contributed by atoms with van der Waals surface area (Å²) in [5.41, 5.74) is 1.95. The maximum Gasteiger partial charge on any atom is 0.326 e. The molecule has 3 nitrogen and oxygen atoms in total. The lowest BCUT2D eigenvalue weighted by molar-refractivity contribution is -0.137. The van der Waals surface area contributed by atoms with Crippen LogP contribution < -0.4 is 5.32 Å². The first-order chi connectivity index (χ1) is 6.65. The fraction of sp³-hybridized carbons (Fsp3) is 0.364. The summed E-state index contributed by atoms with van der Waals surface area (Å²) in [6, 6.07) is 7.17. The van der Waals surface area contributed by atoms with Crippen molar-refractivity contribution in [3.63, 3.8) is 0 Å². The van der Waals surface area contributed by atoms with Gasteiger partial charge in [0.2, 0.25) is 0 Å². The molecule has 0 aliphatic heterocycles. The molecule has 0 unspecified atom stereocenters. The van der Waals surface area contributed by atoms with Crippen LogP contribution in [0.3, 0.4) is 0 Å². The van der Waals surface area contributed by atoms with E-state index in [9.17, 15) is 4.79 Å². The Balaban J connectivity index is 2.77. The van der Waals surface area contributed by atoms with Crippen molar-refractivity contribution in [2.75, 3.05) is 5.32 Å². The summed E-state index contributed by atoms with van der Waals surface area (Å²) in [4.78, 5) is 10.8. The second-order valence-corrected chi connectivity index (χ2v) is 3.26. The SMILES string of the molecule is CC[C@@H](Nc1ccccc1C)C(=O)O. The van der Waals surface area contributed by atoms with Crippen molar-refractivity contribution in [3.8, 4) is 0 Å². The molecular weight excluding hydrogens is 178 g/mol. The number of benzene rings is 1. The standard InChI is InChI=1S/C11H15NO2/c1-3-9(11(13)14)12-10-7-5-4-6-8(10)2/h4-7,9,12H,3H2,1-2H3,(H,13,14)/t9-/m1/s1. The Bertz CT molecular complexity index is 323. The van der Waals surface area contributed by atoms with Crippen LogP contribution in [0.1, 0.15) is 18.9 Å². The van der Waals surface area contributed by atoms with Gasteiger partial charge in [0.15, 0.2) is 0 Å². The third kappa shape index (κ3) is 2.49. The first-order valence-electron chi connectivity index (χ1n) is 4.70. The first kappa shape index (κ1) is 10.6. The Morgan fingerprint density at radius 2 is 2.14 bits per heavy atom. The Labute approximate surface area is 83.8 Å². The quantitative estimate of drug-likeness (QED) is 0.771. The van der Waals surface area contributed by atoms with E-state index in [0.717, 1.165) is 11.3 Å². The predicted molar refractivity (Wildman–Crippen MR) is 56.5 cm³/mol. The molecule has 0 amide bonds. The lowest BCUT2D eigenvalue weighted by Crippen LogP contribution is -2.28. The Morgan fingerprint density at radius 3 is 2.64 bits per heavy atom. The monoisotopic (exact) mass is 193 g/mol. The molecule has 0 bridgehead atoms. The van der Waals surface area contributed by atoms with Gasteiger partial charge in [0.1, 0.15) is 6.04 Å². The molecule has 1 aromatic carbocycles. The topological polar surface area (TPSA) is 49.3 Å². The molecule has 0 aliphatic carbocycles. The summed E-state index contributed by atoms with van der Waals surface area (Å²) >= 11 is 0. The summed E-state index contributed by atoms with van der Waals surface area (Å²) in [5, 5.41) is 11.9. The lowest BCUT2D eigenvalue weighted by Gasteiger charge is -2.15. The molecule has 0 heterocycles. The smallest absolute Gasteiger partial charge is 0.326 e. The second kappa shape index (κ2) is 4.65. The Hall–Kier alpha value is -1.51. The van der Waals surface area contributed by atoms with Gasteiger partial charge in [-0.05, 0) is 25.0 Å². The summed E-state index contributed by atoms with van der Waals surface area (Å²) in [5.74, 6) is -0.809. The van der Waals surface area contributed by atoms with Gasteiger partial charge in [-0.1, -0.05) is 25.1 Å². The minimum atomic E-state index is -0.809. The van der Waals surface area contributed by atoms with Crippen molar-refractivity contribution in [2.24, 2.45) is 0 Å². The van der Waals surface area contributed by atoms with Crippen molar-refractivity contribution < 1.29 is 9.90 Å². The number of aryl methyl sites for hydroxylation is 1. The van der Waals surface area contributed by atoms with Gasteiger partial charge < -0.3 is 10.4 Å². The van der Waals surface area contributed by atoms with Gasteiger partial charge in [0.25, 0.3) is 0 Å². The second-order valence-electron chi connectivity index (χ2n) is 3.26. The maximum atomic E-state index is 10.8. The summed E-state index contributed by atoms with van der Waals surface area (Å²) in [6.07, 6.45) is 0.573. The van der Waals surface area contributed by atoms with Crippen LogP contribution in [0, 0.1) is 6.92 Å². The van der Waals surface area contributed by atoms with E-state index < -0.39 is 12.0 Å². The Kier molecular flexibility index (Phi) is 3.51. The maximum absolute atomic E-state index is 10.8. The summed E-state index contributed by atoms with van der Waals surface area (Å²) in [7, 11) is 0. The van der Waals surface area contributed by atoms with Gasteiger partial charge in [-0.25, -0.2) is 4.79 Å². The van der Waals surface area contributed by atoms with Crippen LogP contribution in [0.4, 0.5) is 5.69 Å².